The van der Waals surface area contributed by atoms with E-state index in [1.165, 1.54) is 6.07 Å². The van der Waals surface area contributed by atoms with E-state index in [1.807, 2.05) is 0 Å². The molecule has 0 aliphatic heterocycles. The van der Waals surface area contributed by atoms with Gasteiger partial charge in [0.15, 0.2) is 5.75 Å². The van der Waals surface area contributed by atoms with E-state index in [2.05, 4.69) is 5.32 Å². The molecular weight excluding hydrogens is 309 g/mol. The van der Waals surface area contributed by atoms with E-state index in [9.17, 15) is 4.79 Å². The zero-order valence-corrected chi connectivity index (χ0v) is 11.8. The van der Waals surface area contributed by atoms with Crippen molar-refractivity contribution in [2.75, 3.05) is 5.32 Å². The number of benzene rings is 2. The Balaban J connectivity index is 2.08. The van der Waals surface area contributed by atoms with Gasteiger partial charge in [0.2, 0.25) is 0 Å². The highest BCUT2D eigenvalue weighted by Gasteiger charge is 2.10. The fraction of sp³-hybridized carbons (Fsp3) is 0. The molecule has 0 spiro atoms. The quantitative estimate of drug-likeness (QED) is 0.821. The Labute approximate surface area is 125 Å². The summed E-state index contributed by atoms with van der Waals surface area (Å²) < 4.78 is 5.06. The lowest BCUT2D eigenvalue weighted by Crippen LogP contribution is -2.17. The molecule has 0 atom stereocenters. The van der Waals surface area contributed by atoms with Gasteiger partial charge in [0.25, 0.3) is 0 Å². The van der Waals surface area contributed by atoms with E-state index in [1.54, 1.807) is 36.4 Å². The van der Waals surface area contributed by atoms with Crippen molar-refractivity contribution in [3.8, 4) is 5.75 Å². The number of carbonyl (C=O) groups is 1. The van der Waals surface area contributed by atoms with Crippen LogP contribution in [0.3, 0.4) is 0 Å². The molecule has 0 saturated carbocycles. The molecule has 0 fully saturated rings. The number of hydrogen-bond donors (Lipinski definition) is 1. The third-order valence-corrected chi connectivity index (χ3v) is 3.07. The van der Waals surface area contributed by atoms with Gasteiger partial charge in [0.1, 0.15) is 0 Å². The van der Waals surface area contributed by atoms with Crippen LogP contribution in [0.4, 0.5) is 10.5 Å². The number of hydrogen-bond acceptors (Lipinski definition) is 2. The number of halogens is 3. The predicted molar refractivity (Wildman–Crippen MR) is 77.6 cm³/mol. The second-order valence-corrected chi connectivity index (χ2v) is 4.82. The van der Waals surface area contributed by atoms with Crippen molar-refractivity contribution in [2.24, 2.45) is 0 Å². The first kappa shape index (κ1) is 14.0. The maximum absolute atomic E-state index is 11.7. The number of para-hydroxylation sites is 1. The minimum absolute atomic E-state index is 0.270. The lowest BCUT2D eigenvalue weighted by atomic mass is 10.3. The normalized spacial score (nSPS) is 10.1. The third kappa shape index (κ3) is 3.77. The standard InChI is InChI=1S/C13H8Cl3NO2/c14-8-5-6-11(10(16)7-8)17-13(18)19-12-4-2-1-3-9(12)15/h1-7H,(H,17,18). The Hall–Kier alpha value is -1.42. The molecule has 2 rings (SSSR count). The Morgan fingerprint density at radius 1 is 1.00 bits per heavy atom. The van der Waals surface area contributed by atoms with E-state index < -0.39 is 6.09 Å². The number of anilines is 1. The van der Waals surface area contributed by atoms with Crippen LogP contribution in [-0.2, 0) is 0 Å². The lowest BCUT2D eigenvalue weighted by molar-refractivity contribution is 0.215. The topological polar surface area (TPSA) is 38.3 Å². The first-order valence-electron chi connectivity index (χ1n) is 5.24. The Morgan fingerprint density at radius 2 is 1.74 bits per heavy atom. The van der Waals surface area contributed by atoms with E-state index in [-0.39, 0.29) is 5.75 Å². The Bertz CT molecular complexity index is 617. The summed E-state index contributed by atoms with van der Waals surface area (Å²) in [5, 5.41) is 3.65. The number of rotatable bonds is 2. The van der Waals surface area contributed by atoms with Gasteiger partial charge in [-0.05, 0) is 30.3 Å². The summed E-state index contributed by atoms with van der Waals surface area (Å²) in [7, 11) is 0. The van der Waals surface area contributed by atoms with Gasteiger partial charge in [-0.1, -0.05) is 46.9 Å². The average Bonchev–Trinajstić information content (AvgIpc) is 2.36. The van der Waals surface area contributed by atoms with Crippen LogP contribution >= 0.6 is 34.8 Å². The minimum atomic E-state index is -0.683. The van der Waals surface area contributed by atoms with Crippen LogP contribution < -0.4 is 10.1 Å². The molecule has 0 unspecified atom stereocenters. The highest BCUT2D eigenvalue weighted by atomic mass is 35.5. The summed E-state index contributed by atoms with van der Waals surface area (Å²) in [6.07, 6.45) is -0.683. The summed E-state index contributed by atoms with van der Waals surface area (Å²) in [5.74, 6) is 0.270. The van der Waals surface area contributed by atoms with Crippen molar-refractivity contribution in [2.45, 2.75) is 0 Å². The van der Waals surface area contributed by atoms with Crippen molar-refractivity contribution < 1.29 is 9.53 Å². The molecule has 0 bridgehead atoms. The van der Waals surface area contributed by atoms with Gasteiger partial charge in [-0.25, -0.2) is 4.79 Å². The molecule has 6 heteroatoms. The van der Waals surface area contributed by atoms with Crippen LogP contribution in [-0.4, -0.2) is 6.09 Å². The van der Waals surface area contributed by atoms with Gasteiger partial charge in [0.05, 0.1) is 15.7 Å². The molecule has 0 radical (unpaired) electrons. The van der Waals surface area contributed by atoms with Crippen LogP contribution in [0.1, 0.15) is 0 Å². The molecule has 2 aromatic carbocycles. The monoisotopic (exact) mass is 315 g/mol. The molecule has 19 heavy (non-hydrogen) atoms. The van der Waals surface area contributed by atoms with Crippen LogP contribution in [0.15, 0.2) is 42.5 Å². The number of nitrogens with one attached hydrogen (secondary N) is 1. The molecular formula is C13H8Cl3NO2. The van der Waals surface area contributed by atoms with Gasteiger partial charge in [-0.15, -0.1) is 0 Å². The van der Waals surface area contributed by atoms with Gasteiger partial charge in [-0.2, -0.15) is 0 Å². The Morgan fingerprint density at radius 3 is 2.42 bits per heavy atom. The van der Waals surface area contributed by atoms with Crippen molar-refractivity contribution in [1.82, 2.24) is 0 Å². The molecule has 0 aromatic heterocycles. The first-order valence-corrected chi connectivity index (χ1v) is 6.38. The highest BCUT2D eigenvalue weighted by molar-refractivity contribution is 6.36. The number of amides is 1. The summed E-state index contributed by atoms with van der Waals surface area (Å²) in [4.78, 5) is 11.7. The molecule has 2 aromatic rings. The first-order chi connectivity index (χ1) is 9.06. The van der Waals surface area contributed by atoms with Crippen molar-refractivity contribution >= 4 is 46.6 Å². The molecule has 1 N–H and O–H groups in total. The van der Waals surface area contributed by atoms with E-state index in [0.29, 0.717) is 20.8 Å². The van der Waals surface area contributed by atoms with E-state index >= 15 is 0 Å². The zero-order chi connectivity index (χ0) is 13.8. The van der Waals surface area contributed by atoms with E-state index in [0.717, 1.165) is 0 Å². The minimum Gasteiger partial charge on any atom is -0.409 e. The van der Waals surface area contributed by atoms with Crippen molar-refractivity contribution in [3.05, 3.63) is 57.5 Å². The molecule has 98 valence electrons. The van der Waals surface area contributed by atoms with E-state index in [4.69, 9.17) is 39.5 Å². The van der Waals surface area contributed by atoms with Crippen LogP contribution in [0.25, 0.3) is 0 Å². The summed E-state index contributed by atoms with van der Waals surface area (Å²) in [6.45, 7) is 0. The van der Waals surface area contributed by atoms with Crippen LogP contribution in [0.2, 0.25) is 15.1 Å². The average molecular weight is 317 g/mol. The Kier molecular flexibility index (Phi) is 4.53. The van der Waals surface area contributed by atoms with Gasteiger partial charge in [-0.3, -0.25) is 5.32 Å². The SMILES string of the molecule is O=C(Nc1ccc(Cl)cc1Cl)Oc1ccccc1Cl. The fourth-order valence-corrected chi connectivity index (χ4v) is 1.98. The van der Waals surface area contributed by atoms with Gasteiger partial charge >= 0.3 is 6.09 Å². The maximum atomic E-state index is 11.7. The number of ether oxygens (including phenoxy) is 1. The molecule has 0 aliphatic carbocycles. The van der Waals surface area contributed by atoms with Gasteiger partial charge < -0.3 is 4.74 Å². The van der Waals surface area contributed by atoms with Gasteiger partial charge in [0, 0.05) is 5.02 Å². The summed E-state index contributed by atoms with van der Waals surface area (Å²) >= 11 is 17.6. The largest absolute Gasteiger partial charge is 0.417 e. The fourth-order valence-electron chi connectivity index (χ4n) is 1.35. The summed E-state index contributed by atoms with van der Waals surface area (Å²) in [6, 6.07) is 11.4. The second-order valence-electron chi connectivity index (χ2n) is 3.57. The predicted octanol–water partition coefficient (Wildman–Crippen LogP) is 5.26. The van der Waals surface area contributed by atoms with Crippen LogP contribution in [0.5, 0.6) is 5.75 Å². The maximum Gasteiger partial charge on any atom is 0.417 e. The molecule has 0 aliphatic rings. The second kappa shape index (κ2) is 6.15. The highest BCUT2D eigenvalue weighted by Crippen LogP contribution is 2.27. The smallest absolute Gasteiger partial charge is 0.409 e. The third-order valence-electron chi connectivity index (χ3n) is 2.21. The zero-order valence-electron chi connectivity index (χ0n) is 9.49. The van der Waals surface area contributed by atoms with Crippen LogP contribution in [0, 0.1) is 0 Å². The molecule has 3 nitrogen and oxygen atoms in total. The van der Waals surface area contributed by atoms with Crippen molar-refractivity contribution in [3.63, 3.8) is 0 Å². The molecule has 0 saturated heterocycles. The van der Waals surface area contributed by atoms with Crippen molar-refractivity contribution in [1.29, 1.82) is 0 Å². The summed E-state index contributed by atoms with van der Waals surface area (Å²) in [5.41, 5.74) is 0.406. The molecule has 0 heterocycles. The molecule has 1 amide bonds. The lowest BCUT2D eigenvalue weighted by Gasteiger charge is -2.09. The number of carbonyl (C=O) groups excluding carboxylic acids is 1.